The van der Waals surface area contributed by atoms with Gasteiger partial charge in [0.25, 0.3) is 0 Å². The molecule has 0 bridgehead atoms. The number of thioether (sulfide) groups is 1. The summed E-state index contributed by atoms with van der Waals surface area (Å²) in [6.45, 7) is 1.39. The minimum absolute atomic E-state index is 0.00368. The number of hydrogen-bond acceptors (Lipinski definition) is 3. The number of nitriles is 1. The lowest BCUT2D eigenvalue weighted by atomic mass is 9.86. The van der Waals surface area contributed by atoms with Crippen LogP contribution in [0.25, 0.3) is 0 Å². The van der Waals surface area contributed by atoms with Crippen LogP contribution in [0.3, 0.4) is 0 Å². The first kappa shape index (κ1) is 17.8. The summed E-state index contributed by atoms with van der Waals surface area (Å²) in [5, 5.41) is 10.5. The van der Waals surface area contributed by atoms with E-state index in [0.717, 1.165) is 17.5 Å². The Balaban J connectivity index is 1.60. The van der Waals surface area contributed by atoms with E-state index in [9.17, 15) is 14.4 Å². The monoisotopic (exact) mass is 380 g/mol. The molecule has 0 spiro atoms. The Kier molecular flexibility index (Phi) is 4.97. The van der Waals surface area contributed by atoms with Crippen LogP contribution in [0.1, 0.15) is 23.5 Å². The standard InChI is InChI=1S/C21H18FN3OS/c22-17-8-4-7-16(9-17)18-10-20(26)25-13-24(12-15-5-2-1-3-6-15)14-27-21(25)19(18)11-23/h1-9,18H,10,12-14H2/p+1/t18-/m0/s1. The number of nitrogens with zero attached hydrogens (tertiary/aromatic N) is 2. The van der Waals surface area contributed by atoms with Crippen molar-refractivity contribution in [1.29, 1.82) is 5.26 Å². The van der Waals surface area contributed by atoms with Gasteiger partial charge in [-0.25, -0.2) is 4.39 Å². The Morgan fingerprint density at radius 1 is 1.22 bits per heavy atom. The second kappa shape index (κ2) is 7.55. The summed E-state index contributed by atoms with van der Waals surface area (Å²) in [6.07, 6.45) is 0.203. The van der Waals surface area contributed by atoms with Crippen molar-refractivity contribution in [2.45, 2.75) is 18.9 Å². The third-order valence-corrected chi connectivity index (χ3v) is 6.23. The van der Waals surface area contributed by atoms with Crippen LogP contribution < -0.4 is 4.90 Å². The number of nitrogens with one attached hydrogen (secondary N) is 1. The first-order valence-electron chi connectivity index (χ1n) is 8.86. The summed E-state index contributed by atoms with van der Waals surface area (Å²) in [7, 11) is 0. The lowest BCUT2D eigenvalue weighted by Crippen LogP contribution is -3.12. The minimum Gasteiger partial charge on any atom is -0.305 e. The number of fused-ring (bicyclic) bond motifs is 1. The summed E-state index contributed by atoms with van der Waals surface area (Å²) in [5.41, 5.74) is 2.49. The molecule has 0 saturated carbocycles. The van der Waals surface area contributed by atoms with E-state index < -0.39 is 0 Å². The number of allylic oxidation sites excluding steroid dienone is 1. The zero-order valence-electron chi connectivity index (χ0n) is 14.7. The van der Waals surface area contributed by atoms with E-state index >= 15 is 0 Å². The van der Waals surface area contributed by atoms with Crippen LogP contribution in [0.5, 0.6) is 0 Å². The number of hydrogen-bond donors (Lipinski definition) is 1. The smallest absolute Gasteiger partial charge is 0.232 e. The molecular formula is C21H19FN3OS+. The van der Waals surface area contributed by atoms with Gasteiger partial charge in [0, 0.05) is 17.9 Å². The SMILES string of the molecule is N#CC1=C2SC[NH+](Cc3ccccc3)CN2C(=O)C[C@H]1c1cccc(F)c1. The van der Waals surface area contributed by atoms with Crippen LogP contribution in [0.15, 0.2) is 65.2 Å². The molecule has 6 heteroatoms. The third kappa shape index (κ3) is 3.61. The van der Waals surface area contributed by atoms with Gasteiger partial charge >= 0.3 is 0 Å². The molecule has 2 aromatic carbocycles. The number of carbonyl (C=O) groups excluding carboxylic acids is 1. The quantitative estimate of drug-likeness (QED) is 0.891. The fraction of sp³-hybridized carbons (Fsp3) is 0.238. The highest BCUT2D eigenvalue weighted by molar-refractivity contribution is 8.02. The lowest BCUT2D eigenvalue weighted by molar-refractivity contribution is -0.910. The predicted molar refractivity (Wildman–Crippen MR) is 102 cm³/mol. The zero-order chi connectivity index (χ0) is 18.8. The van der Waals surface area contributed by atoms with Gasteiger partial charge in [0.05, 0.1) is 11.6 Å². The van der Waals surface area contributed by atoms with Crippen molar-refractivity contribution in [3.8, 4) is 6.07 Å². The Labute approximate surface area is 161 Å². The summed E-state index contributed by atoms with van der Waals surface area (Å²) in [5.74, 6) is 0.0674. The zero-order valence-corrected chi connectivity index (χ0v) is 15.5. The van der Waals surface area contributed by atoms with Gasteiger partial charge in [-0.2, -0.15) is 5.26 Å². The second-order valence-electron chi connectivity index (χ2n) is 6.82. The largest absolute Gasteiger partial charge is 0.305 e. The summed E-state index contributed by atoms with van der Waals surface area (Å²) in [6, 6.07) is 18.7. The molecule has 0 aromatic heterocycles. The second-order valence-corrected chi connectivity index (χ2v) is 7.79. The van der Waals surface area contributed by atoms with E-state index in [1.165, 1.54) is 22.6 Å². The van der Waals surface area contributed by atoms with E-state index in [1.54, 1.807) is 28.8 Å². The molecule has 4 nitrogen and oxygen atoms in total. The minimum atomic E-state index is -0.368. The summed E-state index contributed by atoms with van der Waals surface area (Å²) >= 11 is 1.54. The van der Waals surface area contributed by atoms with Crippen LogP contribution in [0.4, 0.5) is 4.39 Å². The van der Waals surface area contributed by atoms with Crippen molar-refractivity contribution in [2.75, 3.05) is 12.5 Å². The molecule has 0 aliphatic carbocycles. The van der Waals surface area contributed by atoms with Crippen LogP contribution in [0, 0.1) is 17.1 Å². The summed E-state index contributed by atoms with van der Waals surface area (Å²) in [4.78, 5) is 15.8. The van der Waals surface area contributed by atoms with Gasteiger partial charge in [-0.3, -0.25) is 9.69 Å². The Morgan fingerprint density at radius 3 is 2.78 bits per heavy atom. The molecule has 1 fully saturated rings. The van der Waals surface area contributed by atoms with Crippen molar-refractivity contribution in [1.82, 2.24) is 4.90 Å². The van der Waals surface area contributed by atoms with Gasteiger partial charge in [-0.1, -0.05) is 42.5 Å². The molecule has 27 heavy (non-hydrogen) atoms. The number of rotatable bonds is 3. The molecule has 1 saturated heterocycles. The van der Waals surface area contributed by atoms with Crippen LogP contribution in [-0.2, 0) is 11.3 Å². The van der Waals surface area contributed by atoms with E-state index in [2.05, 4.69) is 18.2 Å². The molecule has 1 unspecified atom stereocenters. The Morgan fingerprint density at radius 2 is 2.04 bits per heavy atom. The first-order chi connectivity index (χ1) is 13.2. The highest BCUT2D eigenvalue weighted by Gasteiger charge is 2.39. The highest BCUT2D eigenvalue weighted by Crippen LogP contribution is 2.40. The molecule has 2 atom stereocenters. The van der Waals surface area contributed by atoms with Crippen molar-refractivity contribution in [3.05, 3.63) is 82.1 Å². The molecule has 2 aliphatic heterocycles. The van der Waals surface area contributed by atoms with Crippen molar-refractivity contribution >= 4 is 17.7 Å². The molecule has 2 aromatic rings. The highest BCUT2D eigenvalue weighted by atomic mass is 32.2. The molecule has 2 aliphatic rings. The summed E-state index contributed by atoms with van der Waals surface area (Å²) < 4.78 is 13.6. The van der Waals surface area contributed by atoms with Gasteiger partial charge in [-0.15, -0.1) is 0 Å². The molecule has 4 rings (SSSR count). The molecular weight excluding hydrogens is 361 g/mol. The van der Waals surface area contributed by atoms with Crippen molar-refractivity contribution < 1.29 is 14.1 Å². The Bertz CT molecular complexity index is 938. The number of halogens is 1. The number of carbonyl (C=O) groups is 1. The van der Waals surface area contributed by atoms with Gasteiger partial charge in [0.1, 0.15) is 23.3 Å². The fourth-order valence-electron chi connectivity index (χ4n) is 3.67. The molecule has 1 N–H and O–H groups in total. The third-order valence-electron chi connectivity index (χ3n) is 4.97. The average molecular weight is 380 g/mol. The number of amides is 1. The van der Waals surface area contributed by atoms with Crippen LogP contribution >= 0.6 is 11.8 Å². The maximum atomic E-state index is 13.6. The van der Waals surface area contributed by atoms with Gasteiger partial charge < -0.3 is 4.90 Å². The average Bonchev–Trinajstić information content (AvgIpc) is 2.69. The van der Waals surface area contributed by atoms with Gasteiger partial charge in [0.2, 0.25) is 5.91 Å². The molecule has 2 heterocycles. The van der Waals surface area contributed by atoms with Crippen molar-refractivity contribution in [2.24, 2.45) is 0 Å². The lowest BCUT2D eigenvalue weighted by Gasteiger charge is -2.39. The van der Waals surface area contributed by atoms with Crippen molar-refractivity contribution in [3.63, 3.8) is 0 Å². The van der Waals surface area contributed by atoms with Crippen LogP contribution in [-0.4, -0.2) is 23.4 Å². The van der Waals surface area contributed by atoms with E-state index in [1.807, 2.05) is 18.2 Å². The van der Waals surface area contributed by atoms with E-state index in [4.69, 9.17) is 0 Å². The van der Waals surface area contributed by atoms with E-state index in [0.29, 0.717) is 17.8 Å². The van der Waals surface area contributed by atoms with Crippen LogP contribution in [0.2, 0.25) is 0 Å². The van der Waals surface area contributed by atoms with Gasteiger partial charge in [0.15, 0.2) is 6.67 Å². The maximum Gasteiger partial charge on any atom is 0.232 e. The fourth-order valence-corrected chi connectivity index (χ4v) is 4.87. The number of benzene rings is 2. The Hall–Kier alpha value is -2.62. The molecule has 1 amide bonds. The normalized spacial score (nSPS) is 22.4. The molecule has 136 valence electrons. The topological polar surface area (TPSA) is 48.5 Å². The van der Waals surface area contributed by atoms with Gasteiger partial charge in [-0.05, 0) is 29.5 Å². The maximum absolute atomic E-state index is 13.6. The first-order valence-corrected chi connectivity index (χ1v) is 9.84. The number of quaternary nitrogens is 1. The predicted octanol–water partition coefficient (Wildman–Crippen LogP) is 2.62. The van der Waals surface area contributed by atoms with E-state index in [-0.39, 0.29) is 24.1 Å². The molecule has 0 radical (unpaired) electrons.